The predicted octanol–water partition coefficient (Wildman–Crippen LogP) is 1.20. The molecule has 0 N–H and O–H groups in total. The number of benzene rings is 1. The van der Waals surface area contributed by atoms with Crippen molar-refractivity contribution in [3.8, 4) is 0 Å². The maximum atomic E-state index is 11.2. The first kappa shape index (κ1) is 12.7. The van der Waals surface area contributed by atoms with Crippen LogP contribution >= 0.6 is 0 Å². The molecule has 0 unspecified atom stereocenters. The average Bonchev–Trinajstić information content (AvgIpc) is 2.66. The van der Waals surface area contributed by atoms with Crippen LogP contribution in [0.1, 0.15) is 12.0 Å². The van der Waals surface area contributed by atoms with Crippen LogP contribution in [0.5, 0.6) is 0 Å². The van der Waals surface area contributed by atoms with Gasteiger partial charge in [0.05, 0.1) is 28.0 Å². The minimum Gasteiger partial charge on any atom is -0.288 e. The van der Waals surface area contributed by atoms with E-state index in [1.807, 2.05) is 0 Å². The first-order valence-electron chi connectivity index (χ1n) is 5.45. The molecular weight excluding hydrogens is 256 g/mol. The number of sulfone groups is 1. The highest BCUT2D eigenvalue weighted by Gasteiger charge is 2.27. The van der Waals surface area contributed by atoms with Gasteiger partial charge in [-0.25, -0.2) is 8.42 Å². The highest BCUT2D eigenvalue weighted by atomic mass is 32.2. The number of aliphatic imine (C=N–C) groups is 1. The third-order valence-corrected chi connectivity index (χ3v) is 4.52. The molecule has 6 nitrogen and oxygen atoms in total. The van der Waals surface area contributed by atoms with Crippen molar-refractivity contribution in [2.75, 3.05) is 11.5 Å². The van der Waals surface area contributed by atoms with Crippen molar-refractivity contribution in [1.29, 1.82) is 0 Å². The van der Waals surface area contributed by atoms with Crippen molar-refractivity contribution in [3.63, 3.8) is 0 Å². The summed E-state index contributed by atoms with van der Waals surface area (Å²) < 4.78 is 22.5. The molecule has 7 heteroatoms. The zero-order valence-corrected chi connectivity index (χ0v) is 10.3. The van der Waals surface area contributed by atoms with Gasteiger partial charge in [-0.3, -0.25) is 15.1 Å². The second-order valence-corrected chi connectivity index (χ2v) is 6.38. The maximum Gasteiger partial charge on any atom is 0.278 e. The topological polar surface area (TPSA) is 89.6 Å². The number of nitro groups is 1. The van der Waals surface area contributed by atoms with Crippen LogP contribution in [0.25, 0.3) is 0 Å². The van der Waals surface area contributed by atoms with Crippen LogP contribution in [0.3, 0.4) is 0 Å². The molecule has 2 rings (SSSR count). The van der Waals surface area contributed by atoms with Crippen LogP contribution in [0.4, 0.5) is 5.69 Å². The molecule has 96 valence electrons. The summed E-state index contributed by atoms with van der Waals surface area (Å²) in [7, 11) is -2.97. The molecule has 0 radical (unpaired) electrons. The van der Waals surface area contributed by atoms with Gasteiger partial charge in [0, 0.05) is 12.3 Å². The molecule has 1 heterocycles. The Morgan fingerprint density at radius 1 is 1.39 bits per heavy atom. The van der Waals surface area contributed by atoms with Gasteiger partial charge in [-0.2, -0.15) is 0 Å². The van der Waals surface area contributed by atoms with Gasteiger partial charge < -0.3 is 0 Å². The molecule has 1 atom stereocenters. The summed E-state index contributed by atoms with van der Waals surface area (Å²) in [6.07, 6.45) is 1.88. The number of hydrogen-bond donors (Lipinski definition) is 0. The molecule has 0 amide bonds. The van der Waals surface area contributed by atoms with E-state index >= 15 is 0 Å². The number of para-hydroxylation sites is 1. The largest absolute Gasteiger partial charge is 0.288 e. The molecule has 18 heavy (non-hydrogen) atoms. The second-order valence-electron chi connectivity index (χ2n) is 4.15. The van der Waals surface area contributed by atoms with Gasteiger partial charge in [0.2, 0.25) is 0 Å². The fourth-order valence-electron chi connectivity index (χ4n) is 1.84. The predicted molar refractivity (Wildman–Crippen MR) is 67.7 cm³/mol. The third-order valence-electron chi connectivity index (χ3n) is 2.77. The van der Waals surface area contributed by atoms with Crippen molar-refractivity contribution in [2.24, 2.45) is 4.99 Å². The van der Waals surface area contributed by atoms with Crippen molar-refractivity contribution < 1.29 is 13.3 Å². The van der Waals surface area contributed by atoms with E-state index in [2.05, 4.69) is 4.99 Å². The van der Waals surface area contributed by atoms with Gasteiger partial charge in [0.25, 0.3) is 5.69 Å². The van der Waals surface area contributed by atoms with E-state index in [-0.39, 0.29) is 23.2 Å². The van der Waals surface area contributed by atoms with Gasteiger partial charge in [-0.1, -0.05) is 12.1 Å². The lowest BCUT2D eigenvalue weighted by atomic mass is 10.2. The van der Waals surface area contributed by atoms with E-state index in [9.17, 15) is 18.5 Å². The molecular formula is C11H12N2O4S. The first-order valence-corrected chi connectivity index (χ1v) is 7.27. The van der Waals surface area contributed by atoms with Crippen LogP contribution in [-0.2, 0) is 9.84 Å². The fraction of sp³-hybridized carbons (Fsp3) is 0.364. The Kier molecular flexibility index (Phi) is 3.42. The third kappa shape index (κ3) is 2.92. The lowest BCUT2D eigenvalue weighted by Gasteiger charge is -2.00. The SMILES string of the molecule is O=[N+]([O-])c1ccccc1C=N[C@@H]1CCS(=O)(=O)C1. The van der Waals surface area contributed by atoms with E-state index in [4.69, 9.17) is 0 Å². The quantitative estimate of drug-likeness (QED) is 0.468. The number of rotatable bonds is 3. The Morgan fingerprint density at radius 2 is 2.11 bits per heavy atom. The number of nitrogens with zero attached hydrogens (tertiary/aromatic N) is 2. The molecule has 0 aromatic heterocycles. The normalized spacial score (nSPS) is 22.3. The summed E-state index contributed by atoms with van der Waals surface area (Å²) in [5.74, 6) is 0.177. The van der Waals surface area contributed by atoms with Gasteiger partial charge >= 0.3 is 0 Å². The van der Waals surface area contributed by atoms with E-state index in [1.165, 1.54) is 12.3 Å². The van der Waals surface area contributed by atoms with E-state index in [0.717, 1.165) is 0 Å². The van der Waals surface area contributed by atoms with Gasteiger partial charge in [0.15, 0.2) is 9.84 Å². The van der Waals surface area contributed by atoms with Crippen molar-refractivity contribution >= 4 is 21.7 Å². The van der Waals surface area contributed by atoms with E-state index in [0.29, 0.717) is 12.0 Å². The molecule has 0 saturated carbocycles. The molecule has 1 aliphatic heterocycles. The van der Waals surface area contributed by atoms with Gasteiger partial charge in [-0.05, 0) is 12.5 Å². The Hall–Kier alpha value is -1.76. The molecule has 1 aliphatic rings. The molecule has 0 spiro atoms. The monoisotopic (exact) mass is 268 g/mol. The lowest BCUT2D eigenvalue weighted by Crippen LogP contribution is -2.08. The Balaban J connectivity index is 2.17. The number of hydrogen-bond acceptors (Lipinski definition) is 5. The smallest absolute Gasteiger partial charge is 0.278 e. The molecule has 1 aromatic carbocycles. The summed E-state index contributed by atoms with van der Waals surface area (Å²) in [6.45, 7) is 0. The van der Waals surface area contributed by atoms with E-state index < -0.39 is 14.8 Å². The van der Waals surface area contributed by atoms with Crippen LogP contribution in [0, 0.1) is 10.1 Å². The van der Waals surface area contributed by atoms with Crippen molar-refractivity contribution in [1.82, 2.24) is 0 Å². The summed E-state index contributed by atoms with van der Waals surface area (Å²) in [4.78, 5) is 14.4. The molecule has 0 bridgehead atoms. The summed E-state index contributed by atoms with van der Waals surface area (Å²) in [6, 6.07) is 5.96. The Morgan fingerprint density at radius 3 is 2.72 bits per heavy atom. The fourth-order valence-corrected chi connectivity index (χ4v) is 3.48. The second kappa shape index (κ2) is 4.85. The molecule has 1 saturated heterocycles. The zero-order chi connectivity index (χ0) is 13.2. The minimum absolute atomic E-state index is 0.0258. The minimum atomic E-state index is -2.97. The van der Waals surface area contributed by atoms with Crippen LogP contribution < -0.4 is 0 Å². The first-order chi connectivity index (χ1) is 8.48. The van der Waals surface area contributed by atoms with Gasteiger partial charge in [-0.15, -0.1) is 0 Å². The summed E-state index contributed by atoms with van der Waals surface area (Å²) in [5.41, 5.74) is 0.369. The zero-order valence-electron chi connectivity index (χ0n) is 9.52. The summed E-state index contributed by atoms with van der Waals surface area (Å²) >= 11 is 0. The van der Waals surface area contributed by atoms with Gasteiger partial charge in [0.1, 0.15) is 0 Å². The molecule has 1 fully saturated rings. The van der Waals surface area contributed by atoms with Crippen LogP contribution in [0.15, 0.2) is 29.3 Å². The highest BCUT2D eigenvalue weighted by molar-refractivity contribution is 7.91. The van der Waals surface area contributed by atoms with Crippen LogP contribution in [-0.4, -0.2) is 37.1 Å². The van der Waals surface area contributed by atoms with Crippen molar-refractivity contribution in [2.45, 2.75) is 12.5 Å². The molecule has 1 aromatic rings. The Labute approximate surface area is 104 Å². The summed E-state index contributed by atoms with van der Waals surface area (Å²) in [5, 5.41) is 10.8. The maximum absolute atomic E-state index is 11.2. The Bertz CT molecular complexity index is 595. The highest BCUT2D eigenvalue weighted by Crippen LogP contribution is 2.18. The van der Waals surface area contributed by atoms with Crippen molar-refractivity contribution in [3.05, 3.63) is 39.9 Å². The van der Waals surface area contributed by atoms with Crippen LogP contribution in [0.2, 0.25) is 0 Å². The molecule has 0 aliphatic carbocycles. The lowest BCUT2D eigenvalue weighted by molar-refractivity contribution is -0.385. The standard InChI is InChI=1S/C11H12N2O4S/c14-13(15)11-4-2-1-3-9(11)7-12-10-5-6-18(16,17)8-10/h1-4,7,10H,5-6,8H2/t10-/m1/s1. The number of nitro benzene ring substituents is 1. The van der Waals surface area contributed by atoms with E-state index in [1.54, 1.807) is 18.2 Å². The average molecular weight is 268 g/mol.